The molecule has 0 unspecified atom stereocenters. The van der Waals surface area contributed by atoms with Crippen molar-refractivity contribution in [3.63, 3.8) is 0 Å². The quantitative estimate of drug-likeness (QED) is 0.260. The maximum absolute atomic E-state index is 11.7. The summed E-state index contributed by atoms with van der Waals surface area (Å²) < 4.78 is 27.7. The second-order valence-corrected chi connectivity index (χ2v) is 8.51. The molecule has 1 aromatic heterocycles. The number of hydrogen-bond donors (Lipinski definition) is 6. The van der Waals surface area contributed by atoms with E-state index in [1.165, 1.54) is 19.1 Å². The molecule has 6 N–H and O–H groups in total. The first-order valence-electron chi connectivity index (χ1n) is 10.8. The van der Waals surface area contributed by atoms with Crippen molar-refractivity contribution in [1.29, 1.82) is 0 Å². The van der Waals surface area contributed by atoms with Gasteiger partial charge in [0.25, 0.3) is 0 Å². The molecule has 12 heteroatoms. The van der Waals surface area contributed by atoms with Gasteiger partial charge in [-0.25, -0.2) is 4.79 Å². The minimum absolute atomic E-state index is 0.161. The van der Waals surface area contributed by atoms with Gasteiger partial charge in [0.1, 0.15) is 48.0 Å². The Balaban J connectivity index is 1.61. The number of aryl methyl sites for hydroxylation is 1. The van der Waals surface area contributed by atoms with Crippen LogP contribution in [0.15, 0.2) is 33.5 Å². The van der Waals surface area contributed by atoms with Crippen LogP contribution in [0.4, 0.5) is 0 Å². The molecule has 2 aromatic rings. The fourth-order valence-electron chi connectivity index (χ4n) is 4.09. The summed E-state index contributed by atoms with van der Waals surface area (Å²) in [5.74, 6) is 0.161. The van der Waals surface area contributed by atoms with Crippen LogP contribution in [-0.2, 0) is 14.2 Å². The minimum Gasteiger partial charge on any atom is -0.462 e. The summed E-state index contributed by atoms with van der Waals surface area (Å²) in [6, 6.07) is 6.01. The van der Waals surface area contributed by atoms with E-state index in [4.69, 9.17) is 23.4 Å². The fourth-order valence-corrected chi connectivity index (χ4v) is 4.09. The molecular weight excluding hydrogens is 456 g/mol. The third kappa shape index (κ3) is 4.69. The van der Waals surface area contributed by atoms with Crippen molar-refractivity contribution in [2.75, 3.05) is 6.61 Å². The van der Waals surface area contributed by atoms with E-state index in [1.54, 1.807) is 19.1 Å². The Morgan fingerprint density at radius 1 is 0.912 bits per heavy atom. The number of aliphatic hydroxyl groups is 6. The molecule has 2 fully saturated rings. The van der Waals surface area contributed by atoms with Gasteiger partial charge in [-0.2, -0.15) is 0 Å². The van der Waals surface area contributed by atoms with E-state index in [9.17, 15) is 35.4 Å². The monoisotopic (exact) mass is 484 g/mol. The van der Waals surface area contributed by atoms with Crippen molar-refractivity contribution in [2.24, 2.45) is 0 Å². The van der Waals surface area contributed by atoms with Gasteiger partial charge < -0.3 is 54.0 Å². The Bertz CT molecular complexity index is 1060. The predicted molar refractivity (Wildman–Crippen MR) is 113 cm³/mol. The van der Waals surface area contributed by atoms with Crippen molar-refractivity contribution in [3.05, 3.63) is 40.2 Å². The smallest absolute Gasteiger partial charge is 0.336 e. The van der Waals surface area contributed by atoms with Gasteiger partial charge in [0.2, 0.25) is 6.29 Å². The molecule has 3 heterocycles. The number of ether oxygens (including phenoxy) is 4. The molecule has 2 aliphatic heterocycles. The highest BCUT2D eigenvalue weighted by molar-refractivity contribution is 5.81. The van der Waals surface area contributed by atoms with Crippen molar-refractivity contribution < 1.29 is 54.0 Å². The average Bonchev–Trinajstić information content (AvgIpc) is 2.80. The largest absolute Gasteiger partial charge is 0.462 e. The van der Waals surface area contributed by atoms with Gasteiger partial charge in [0.05, 0.1) is 12.7 Å². The van der Waals surface area contributed by atoms with Crippen molar-refractivity contribution in [3.8, 4) is 5.75 Å². The molecule has 34 heavy (non-hydrogen) atoms. The summed E-state index contributed by atoms with van der Waals surface area (Å²) in [6.07, 6.45) is -14.3. The summed E-state index contributed by atoms with van der Waals surface area (Å²) in [5.41, 5.74) is 0.395. The summed E-state index contributed by atoms with van der Waals surface area (Å²) >= 11 is 0. The Labute approximate surface area is 193 Å². The molecule has 2 saturated heterocycles. The first-order chi connectivity index (χ1) is 16.1. The topological polar surface area (TPSA) is 189 Å². The molecule has 2 aliphatic rings. The van der Waals surface area contributed by atoms with E-state index in [2.05, 4.69) is 0 Å². The fraction of sp³-hybridized carbons (Fsp3) is 0.591. The lowest BCUT2D eigenvalue weighted by atomic mass is 9.97. The van der Waals surface area contributed by atoms with E-state index in [-0.39, 0.29) is 11.3 Å². The van der Waals surface area contributed by atoms with E-state index in [0.29, 0.717) is 10.9 Å². The molecule has 0 saturated carbocycles. The molecular formula is C22H28O12. The number of fused-ring (bicyclic) bond motifs is 1. The van der Waals surface area contributed by atoms with Crippen LogP contribution in [0.2, 0.25) is 0 Å². The number of rotatable bonds is 5. The summed E-state index contributed by atoms with van der Waals surface area (Å²) in [6.45, 7) is 2.57. The molecule has 1 aromatic carbocycles. The SMILES string of the molecule is Cc1cc(=O)oc2cc(O[C@@H]3O[C@@H](CO)[C@H](O)[C@H](O)[C@H]3O[C@@H]3O[C@@H](C)[C@@H](O)[C@H](O)[C@H]3O)ccc12. The highest BCUT2D eigenvalue weighted by Gasteiger charge is 2.50. The van der Waals surface area contributed by atoms with Gasteiger partial charge in [-0.15, -0.1) is 0 Å². The van der Waals surface area contributed by atoms with Crippen LogP contribution in [0.5, 0.6) is 5.75 Å². The number of hydrogen-bond acceptors (Lipinski definition) is 12. The number of aliphatic hydroxyl groups excluding tert-OH is 6. The maximum Gasteiger partial charge on any atom is 0.336 e. The van der Waals surface area contributed by atoms with E-state index >= 15 is 0 Å². The first kappa shape index (κ1) is 25.0. The van der Waals surface area contributed by atoms with Crippen molar-refractivity contribution >= 4 is 11.0 Å². The molecule has 0 amide bonds. The highest BCUT2D eigenvalue weighted by atomic mass is 16.8. The Morgan fingerprint density at radius 3 is 2.35 bits per heavy atom. The lowest BCUT2D eigenvalue weighted by Gasteiger charge is -2.45. The second-order valence-electron chi connectivity index (χ2n) is 8.51. The van der Waals surface area contributed by atoms with Gasteiger partial charge in [0.15, 0.2) is 12.4 Å². The minimum atomic E-state index is -1.68. The van der Waals surface area contributed by atoms with E-state index in [0.717, 1.165) is 0 Å². The first-order valence-corrected chi connectivity index (χ1v) is 10.8. The molecule has 4 rings (SSSR count). The summed E-state index contributed by atoms with van der Waals surface area (Å²) in [5, 5.41) is 61.4. The van der Waals surface area contributed by atoms with Crippen LogP contribution < -0.4 is 10.4 Å². The Hall–Kier alpha value is -2.13. The van der Waals surface area contributed by atoms with Crippen LogP contribution in [-0.4, -0.2) is 98.7 Å². The molecule has 12 nitrogen and oxygen atoms in total. The average molecular weight is 484 g/mol. The predicted octanol–water partition coefficient (Wildman–Crippen LogP) is -1.87. The highest BCUT2D eigenvalue weighted by Crippen LogP contribution is 2.31. The summed E-state index contributed by atoms with van der Waals surface area (Å²) in [4.78, 5) is 11.7. The van der Waals surface area contributed by atoms with Crippen LogP contribution >= 0.6 is 0 Å². The maximum atomic E-state index is 11.7. The third-order valence-corrected chi connectivity index (χ3v) is 6.10. The van der Waals surface area contributed by atoms with E-state index in [1.807, 2.05) is 0 Å². The lowest BCUT2D eigenvalue weighted by Crippen LogP contribution is -2.64. The van der Waals surface area contributed by atoms with Crippen LogP contribution in [0.3, 0.4) is 0 Å². The molecule has 0 aliphatic carbocycles. The zero-order chi connectivity index (χ0) is 24.7. The van der Waals surface area contributed by atoms with Crippen LogP contribution in [0.25, 0.3) is 11.0 Å². The van der Waals surface area contributed by atoms with Gasteiger partial charge in [-0.3, -0.25) is 0 Å². The molecule has 10 atom stereocenters. The molecule has 188 valence electrons. The van der Waals surface area contributed by atoms with Gasteiger partial charge in [-0.1, -0.05) is 0 Å². The normalized spacial score (nSPS) is 38.7. The number of benzene rings is 1. The standard InChI is InChI=1S/C22H28O12/c1-8-5-14(24)32-12-6-10(3-4-11(8)12)31-22-20(18(28)16(26)13(7-23)33-22)34-21-19(29)17(27)15(25)9(2)30-21/h3-6,9,13,15-23,25-29H,7H2,1-2H3/t9-,13-,15+,16-,17-,18-,19+,20+,21-,22+/m0/s1. The van der Waals surface area contributed by atoms with E-state index < -0.39 is 73.6 Å². The van der Waals surface area contributed by atoms with Crippen LogP contribution in [0, 0.1) is 6.92 Å². The lowest BCUT2D eigenvalue weighted by molar-refractivity contribution is -0.354. The second kappa shape index (κ2) is 9.85. The van der Waals surface area contributed by atoms with Crippen LogP contribution in [0.1, 0.15) is 12.5 Å². The zero-order valence-corrected chi connectivity index (χ0v) is 18.4. The van der Waals surface area contributed by atoms with Crippen molar-refractivity contribution in [1.82, 2.24) is 0 Å². The molecule has 0 spiro atoms. The van der Waals surface area contributed by atoms with Gasteiger partial charge in [-0.05, 0) is 31.5 Å². The third-order valence-electron chi connectivity index (χ3n) is 6.10. The van der Waals surface area contributed by atoms with Gasteiger partial charge >= 0.3 is 5.63 Å². The molecule has 0 bridgehead atoms. The van der Waals surface area contributed by atoms with Crippen molar-refractivity contribution in [2.45, 2.75) is 75.3 Å². The van der Waals surface area contributed by atoms with Gasteiger partial charge in [0, 0.05) is 17.5 Å². The molecule has 0 radical (unpaired) electrons. The summed E-state index contributed by atoms with van der Waals surface area (Å²) in [7, 11) is 0. The zero-order valence-electron chi connectivity index (χ0n) is 18.4. The Kier molecular flexibility index (Phi) is 7.24. The Morgan fingerprint density at radius 2 is 1.65 bits per heavy atom.